The number of nitrogens with one attached hydrogen (secondary N) is 3. The number of hydrogen-bond acceptors (Lipinski definition) is 12. The number of fused-ring (bicyclic) bond motifs is 3. The lowest BCUT2D eigenvalue weighted by molar-refractivity contribution is -0.144. The summed E-state index contributed by atoms with van der Waals surface area (Å²) >= 11 is 9.49. The molecule has 0 radical (unpaired) electrons. The van der Waals surface area contributed by atoms with E-state index in [0.29, 0.717) is 49.8 Å². The van der Waals surface area contributed by atoms with Gasteiger partial charge in [-0.1, -0.05) is 68.8 Å². The van der Waals surface area contributed by atoms with Gasteiger partial charge in [-0.15, -0.1) is 32.9 Å². The molecule has 2 aliphatic rings. The zero-order valence-corrected chi connectivity index (χ0v) is 41.8. The summed E-state index contributed by atoms with van der Waals surface area (Å²) in [5.41, 5.74) is 8.02. The number of likely N-dealkylation sites (tertiary alicyclic amines) is 1. The summed E-state index contributed by atoms with van der Waals surface area (Å²) < 4.78 is 13.4. The second-order valence-corrected chi connectivity index (χ2v) is 20.6. The van der Waals surface area contributed by atoms with Gasteiger partial charge in [0.2, 0.25) is 23.6 Å². The lowest BCUT2D eigenvalue weighted by Crippen LogP contribution is -2.58. The molecule has 5 heterocycles. The summed E-state index contributed by atoms with van der Waals surface area (Å²) in [6, 6.07) is 13.3. The van der Waals surface area contributed by atoms with Crippen LogP contribution in [-0.2, 0) is 28.7 Å². The van der Waals surface area contributed by atoms with Gasteiger partial charge >= 0.3 is 0 Å². The Bertz CT molecular complexity index is 2600. The Morgan fingerprint density at radius 1 is 0.910 bits per heavy atom. The van der Waals surface area contributed by atoms with Crippen LogP contribution >= 0.6 is 34.3 Å². The third-order valence-electron chi connectivity index (χ3n) is 12.1. The molecular weight excluding hydrogens is 910 g/mol. The normalized spacial score (nSPS) is 16.7. The maximum absolute atomic E-state index is 14.0. The number of rotatable bonds is 18. The number of aliphatic imine (C=N–C) groups is 1. The average Bonchev–Trinajstić information content (AvgIpc) is 4.09. The highest BCUT2D eigenvalue weighted by Gasteiger charge is 2.42. The molecule has 2 aliphatic heterocycles. The Hall–Kier alpha value is -5.33. The molecule has 15 nitrogen and oxygen atoms in total. The van der Waals surface area contributed by atoms with Gasteiger partial charge < -0.3 is 30.3 Å². The van der Waals surface area contributed by atoms with E-state index in [1.54, 1.807) is 27.6 Å². The number of hydrogen-bond donors (Lipinski definition) is 3. The first kappa shape index (κ1) is 49.6. The second-order valence-electron chi connectivity index (χ2n) is 18.2. The maximum atomic E-state index is 14.0. The van der Waals surface area contributed by atoms with Gasteiger partial charge in [-0.3, -0.25) is 28.7 Å². The molecule has 18 heteroatoms. The van der Waals surface area contributed by atoms with Crippen LogP contribution in [0.4, 0.5) is 0 Å². The minimum absolute atomic E-state index is 0.0673. The van der Waals surface area contributed by atoms with Crippen molar-refractivity contribution in [1.82, 2.24) is 40.6 Å². The van der Waals surface area contributed by atoms with E-state index in [1.165, 1.54) is 4.88 Å². The van der Waals surface area contributed by atoms with E-state index in [0.717, 1.165) is 54.9 Å². The Labute approximate surface area is 405 Å². The molecule has 0 bridgehead atoms. The number of carbonyl (C=O) groups is 4. The number of nitrogens with zero attached hydrogens (tertiary/aromatic N) is 6. The number of amides is 4. The van der Waals surface area contributed by atoms with Gasteiger partial charge in [0, 0.05) is 47.3 Å². The van der Waals surface area contributed by atoms with Crippen LogP contribution in [0.1, 0.15) is 110 Å². The highest BCUT2D eigenvalue weighted by atomic mass is 35.5. The van der Waals surface area contributed by atoms with Crippen LogP contribution in [0.3, 0.4) is 0 Å². The molecule has 7 rings (SSSR count). The molecule has 0 saturated carbocycles. The van der Waals surface area contributed by atoms with Crippen LogP contribution in [0.15, 0.2) is 59.0 Å². The topological polar surface area (TPSA) is 182 Å². The Morgan fingerprint density at radius 2 is 1.63 bits per heavy atom. The number of aryl methyl sites for hydroxylation is 3. The predicted molar refractivity (Wildman–Crippen MR) is 262 cm³/mol. The molecule has 3 aromatic heterocycles. The van der Waals surface area contributed by atoms with E-state index in [-0.39, 0.29) is 50.0 Å². The molecule has 4 atom stereocenters. The average molecular weight is 971 g/mol. The van der Waals surface area contributed by atoms with Crippen molar-refractivity contribution in [2.45, 2.75) is 105 Å². The fraction of sp³-hybridized carbons (Fsp3) is 0.469. The monoisotopic (exact) mass is 969 g/mol. The Balaban J connectivity index is 0.831. The highest BCUT2D eigenvalue weighted by molar-refractivity contribution is 7.15. The quantitative estimate of drug-likeness (QED) is 0.0747. The number of halogens is 1. The first-order valence-electron chi connectivity index (χ1n) is 22.7. The number of carbonyl (C=O) groups excluding carboxylic acids is 4. The Kier molecular flexibility index (Phi) is 16.1. The highest BCUT2D eigenvalue weighted by Crippen LogP contribution is 2.40. The SMILES string of the molecule is Cc1ncsc1-c1ccc(C(C)NC(=O)C2CCCN2C(=O)C(NC(=O)COCCCOCCNC(=O)C[C@@H]2N=C(c3ccc(Cl)cc3)c3c(sc(C)c3C)-n3c(C)nnc32)C(C)(C)C)cc1. The molecule has 67 heavy (non-hydrogen) atoms. The molecule has 2 aromatic carbocycles. The van der Waals surface area contributed by atoms with Crippen LogP contribution in [0, 0.1) is 33.1 Å². The smallest absolute Gasteiger partial charge is 0.246 e. The standard InChI is InChI=1S/C49H60ClN9O6S2/c1-28-31(4)67-48-41(28)42(34-16-18-36(50)19-17-34)54-37(45-57-56-32(5)59(45)48)25-39(60)51-20-24-64-22-10-23-65-26-40(61)55-44(49(6,7)8)47(63)58-21-9-11-38(58)46(62)53-29(2)33-12-14-35(15-13-33)43-30(3)52-27-66-43/h12-19,27,29,37-38,44H,9-11,20-26H2,1-8H3,(H,51,60)(H,53,62)(H,55,61)/t29?,37-,38?,44?/m0/s1. The molecule has 0 spiro atoms. The summed E-state index contributed by atoms with van der Waals surface area (Å²) in [4.78, 5) is 67.5. The zero-order valence-electron chi connectivity index (χ0n) is 39.4. The van der Waals surface area contributed by atoms with Crippen molar-refractivity contribution in [2.24, 2.45) is 10.4 Å². The molecule has 1 saturated heterocycles. The fourth-order valence-electron chi connectivity index (χ4n) is 8.39. The van der Waals surface area contributed by atoms with Crippen molar-refractivity contribution in [3.05, 3.63) is 104 Å². The number of ether oxygens (including phenoxy) is 2. The van der Waals surface area contributed by atoms with E-state index in [4.69, 9.17) is 26.1 Å². The molecule has 0 aliphatic carbocycles. The van der Waals surface area contributed by atoms with Crippen LogP contribution in [0.5, 0.6) is 0 Å². The van der Waals surface area contributed by atoms with Gasteiger partial charge in [0.15, 0.2) is 5.82 Å². The predicted octanol–water partition coefficient (Wildman–Crippen LogP) is 7.56. The maximum Gasteiger partial charge on any atom is 0.246 e. The van der Waals surface area contributed by atoms with Crippen molar-refractivity contribution < 1.29 is 28.7 Å². The number of aromatic nitrogens is 4. The van der Waals surface area contributed by atoms with Crippen molar-refractivity contribution in [2.75, 3.05) is 39.5 Å². The number of benzene rings is 2. The molecule has 3 N–H and O–H groups in total. The molecular formula is C49H60ClN9O6S2. The first-order valence-corrected chi connectivity index (χ1v) is 24.8. The van der Waals surface area contributed by atoms with Gasteiger partial charge in [0.25, 0.3) is 0 Å². The molecule has 4 amide bonds. The van der Waals surface area contributed by atoms with E-state index in [1.807, 2.05) is 100 Å². The van der Waals surface area contributed by atoms with Gasteiger partial charge in [0.1, 0.15) is 35.6 Å². The zero-order chi connectivity index (χ0) is 48.0. The summed E-state index contributed by atoms with van der Waals surface area (Å²) in [6.45, 7) is 17.0. The minimum Gasteiger partial charge on any atom is -0.380 e. The molecule has 3 unspecified atom stereocenters. The summed E-state index contributed by atoms with van der Waals surface area (Å²) in [5, 5.41) is 19.4. The van der Waals surface area contributed by atoms with Gasteiger partial charge in [-0.2, -0.15) is 0 Å². The van der Waals surface area contributed by atoms with Crippen LogP contribution in [0.2, 0.25) is 5.02 Å². The summed E-state index contributed by atoms with van der Waals surface area (Å²) in [5.74, 6) is 0.203. The largest absolute Gasteiger partial charge is 0.380 e. The van der Waals surface area contributed by atoms with Gasteiger partial charge in [-0.25, -0.2) is 4.98 Å². The molecule has 1 fully saturated rings. The molecule has 356 valence electrons. The third kappa shape index (κ3) is 11.7. The fourth-order valence-corrected chi connectivity index (χ4v) is 10.5. The number of thiazole rings is 1. The van der Waals surface area contributed by atoms with Crippen molar-refractivity contribution in [3.63, 3.8) is 0 Å². The van der Waals surface area contributed by atoms with Gasteiger partial charge in [0.05, 0.1) is 40.9 Å². The van der Waals surface area contributed by atoms with Crippen molar-refractivity contribution in [3.8, 4) is 15.4 Å². The second kappa shape index (κ2) is 21.7. The van der Waals surface area contributed by atoms with E-state index in [2.05, 4.69) is 45.0 Å². The van der Waals surface area contributed by atoms with Crippen LogP contribution in [-0.4, -0.2) is 106 Å². The first-order chi connectivity index (χ1) is 32.0. The summed E-state index contributed by atoms with van der Waals surface area (Å²) in [7, 11) is 0. The lowest BCUT2D eigenvalue weighted by Gasteiger charge is -2.35. The van der Waals surface area contributed by atoms with Crippen molar-refractivity contribution in [1.29, 1.82) is 0 Å². The Morgan fingerprint density at radius 3 is 2.33 bits per heavy atom. The van der Waals surface area contributed by atoms with Crippen LogP contribution < -0.4 is 16.0 Å². The van der Waals surface area contributed by atoms with Gasteiger partial charge in [-0.05, 0) is 88.1 Å². The lowest BCUT2D eigenvalue weighted by atomic mass is 9.85. The third-order valence-corrected chi connectivity index (χ3v) is 14.6. The van der Waals surface area contributed by atoms with E-state index >= 15 is 0 Å². The molecule has 5 aromatic rings. The summed E-state index contributed by atoms with van der Waals surface area (Å²) in [6.07, 6.45) is 1.81. The number of thiophene rings is 1. The van der Waals surface area contributed by atoms with E-state index in [9.17, 15) is 19.2 Å². The van der Waals surface area contributed by atoms with Crippen molar-refractivity contribution >= 4 is 63.6 Å². The van der Waals surface area contributed by atoms with Crippen LogP contribution in [0.25, 0.3) is 15.4 Å². The van der Waals surface area contributed by atoms with E-state index < -0.39 is 29.4 Å². The minimum atomic E-state index is -0.861.